The number of H-pyrrole nitrogens is 1. The van der Waals surface area contributed by atoms with Crippen molar-refractivity contribution in [2.75, 3.05) is 19.5 Å². The van der Waals surface area contributed by atoms with Crippen LogP contribution in [0, 0.1) is 0 Å². The number of carbonyl (C=O) groups is 1. The van der Waals surface area contributed by atoms with Gasteiger partial charge in [-0.15, -0.1) is 0 Å². The first-order valence-electron chi connectivity index (χ1n) is 8.77. The number of hydrogen-bond donors (Lipinski definition) is 2. The van der Waals surface area contributed by atoms with E-state index in [9.17, 15) is 4.79 Å². The zero-order valence-corrected chi connectivity index (χ0v) is 15.5. The van der Waals surface area contributed by atoms with Crippen molar-refractivity contribution in [3.8, 4) is 22.9 Å². The van der Waals surface area contributed by atoms with Crippen LogP contribution >= 0.6 is 0 Å². The minimum Gasteiger partial charge on any atom is -0.493 e. The SMILES string of the molecule is COc1cccc(C(=O)Nc2ccccc2-c2nc3ccccc3[nH]2)c1OC. The monoisotopic (exact) mass is 373 g/mol. The molecule has 0 unspecified atom stereocenters. The van der Waals surface area contributed by atoms with E-state index in [0.29, 0.717) is 28.6 Å². The molecule has 28 heavy (non-hydrogen) atoms. The normalized spacial score (nSPS) is 10.6. The van der Waals surface area contributed by atoms with Crippen LogP contribution in [0.3, 0.4) is 0 Å². The average Bonchev–Trinajstić information content (AvgIpc) is 3.17. The second kappa shape index (κ2) is 7.44. The molecule has 1 heterocycles. The molecule has 2 N–H and O–H groups in total. The molecule has 6 heteroatoms. The highest BCUT2D eigenvalue weighted by molar-refractivity contribution is 6.08. The Bertz CT molecular complexity index is 1120. The van der Waals surface area contributed by atoms with Gasteiger partial charge in [-0.25, -0.2) is 4.98 Å². The molecular formula is C22H19N3O3. The van der Waals surface area contributed by atoms with E-state index in [2.05, 4.69) is 15.3 Å². The fourth-order valence-electron chi connectivity index (χ4n) is 3.13. The number of benzene rings is 3. The molecule has 0 spiro atoms. The number of rotatable bonds is 5. The van der Waals surface area contributed by atoms with E-state index in [1.54, 1.807) is 18.2 Å². The highest BCUT2D eigenvalue weighted by Gasteiger charge is 2.18. The molecule has 3 aromatic carbocycles. The Morgan fingerprint density at radius 1 is 0.929 bits per heavy atom. The Kier molecular flexibility index (Phi) is 4.68. The number of aromatic nitrogens is 2. The van der Waals surface area contributed by atoms with Crippen LogP contribution in [0.2, 0.25) is 0 Å². The van der Waals surface area contributed by atoms with Crippen molar-refractivity contribution in [3.63, 3.8) is 0 Å². The van der Waals surface area contributed by atoms with Crippen LogP contribution in [0.5, 0.6) is 11.5 Å². The Morgan fingerprint density at radius 3 is 2.50 bits per heavy atom. The van der Waals surface area contributed by atoms with Crippen molar-refractivity contribution in [1.82, 2.24) is 9.97 Å². The van der Waals surface area contributed by atoms with E-state index >= 15 is 0 Å². The van der Waals surface area contributed by atoms with Crippen LogP contribution in [0.25, 0.3) is 22.4 Å². The molecule has 0 bridgehead atoms. The summed E-state index contributed by atoms with van der Waals surface area (Å²) in [7, 11) is 3.05. The largest absolute Gasteiger partial charge is 0.493 e. The molecule has 0 saturated heterocycles. The van der Waals surface area contributed by atoms with Gasteiger partial charge in [0.15, 0.2) is 11.5 Å². The summed E-state index contributed by atoms with van der Waals surface area (Å²) < 4.78 is 10.7. The molecule has 0 saturated carbocycles. The summed E-state index contributed by atoms with van der Waals surface area (Å²) in [6, 6.07) is 20.5. The number of methoxy groups -OCH3 is 2. The van der Waals surface area contributed by atoms with Gasteiger partial charge in [0, 0.05) is 5.56 Å². The molecule has 0 atom stereocenters. The number of ether oxygens (including phenoxy) is 2. The van der Waals surface area contributed by atoms with Crippen molar-refractivity contribution < 1.29 is 14.3 Å². The Morgan fingerprint density at radius 2 is 1.71 bits per heavy atom. The predicted molar refractivity (Wildman–Crippen MR) is 109 cm³/mol. The van der Waals surface area contributed by atoms with Gasteiger partial charge in [0.1, 0.15) is 5.82 Å². The number of aromatic amines is 1. The maximum Gasteiger partial charge on any atom is 0.259 e. The van der Waals surface area contributed by atoms with E-state index in [4.69, 9.17) is 9.47 Å². The van der Waals surface area contributed by atoms with Gasteiger partial charge in [-0.3, -0.25) is 4.79 Å². The van der Waals surface area contributed by atoms with E-state index in [-0.39, 0.29) is 5.91 Å². The van der Waals surface area contributed by atoms with Crippen molar-refractivity contribution in [2.24, 2.45) is 0 Å². The number of carbonyl (C=O) groups excluding carboxylic acids is 1. The smallest absolute Gasteiger partial charge is 0.259 e. The summed E-state index contributed by atoms with van der Waals surface area (Å²) in [6.45, 7) is 0. The van der Waals surface area contributed by atoms with E-state index in [1.807, 2.05) is 48.5 Å². The molecule has 140 valence electrons. The lowest BCUT2D eigenvalue weighted by molar-refractivity contribution is 0.102. The summed E-state index contributed by atoms with van der Waals surface area (Å²) in [5.74, 6) is 1.29. The van der Waals surface area contributed by atoms with Gasteiger partial charge in [0.2, 0.25) is 0 Å². The summed E-state index contributed by atoms with van der Waals surface area (Å²) >= 11 is 0. The van der Waals surface area contributed by atoms with Crippen LogP contribution in [0.15, 0.2) is 66.7 Å². The zero-order chi connectivity index (χ0) is 19.5. The topological polar surface area (TPSA) is 76.2 Å². The quantitative estimate of drug-likeness (QED) is 0.540. The second-order valence-electron chi connectivity index (χ2n) is 6.14. The number of anilines is 1. The molecule has 0 aliphatic heterocycles. The highest BCUT2D eigenvalue weighted by Crippen LogP contribution is 2.32. The average molecular weight is 373 g/mol. The number of nitrogens with one attached hydrogen (secondary N) is 2. The maximum atomic E-state index is 12.9. The van der Waals surface area contributed by atoms with Gasteiger partial charge in [-0.1, -0.05) is 30.3 Å². The van der Waals surface area contributed by atoms with Crippen molar-refractivity contribution in [3.05, 3.63) is 72.3 Å². The Balaban J connectivity index is 1.71. The zero-order valence-electron chi connectivity index (χ0n) is 15.5. The number of hydrogen-bond acceptors (Lipinski definition) is 4. The molecule has 1 aromatic heterocycles. The second-order valence-corrected chi connectivity index (χ2v) is 6.14. The fraction of sp³-hybridized carbons (Fsp3) is 0.0909. The highest BCUT2D eigenvalue weighted by atomic mass is 16.5. The first-order chi connectivity index (χ1) is 13.7. The molecule has 0 radical (unpaired) electrons. The number of imidazole rings is 1. The third kappa shape index (κ3) is 3.16. The first-order valence-corrected chi connectivity index (χ1v) is 8.77. The number of amides is 1. The fourth-order valence-corrected chi connectivity index (χ4v) is 3.13. The third-order valence-corrected chi connectivity index (χ3v) is 4.47. The minimum atomic E-state index is -0.292. The number of para-hydroxylation sites is 4. The molecule has 0 aliphatic rings. The molecule has 4 aromatic rings. The lowest BCUT2D eigenvalue weighted by Crippen LogP contribution is -2.14. The van der Waals surface area contributed by atoms with Crippen LogP contribution in [0.1, 0.15) is 10.4 Å². The molecule has 6 nitrogen and oxygen atoms in total. The molecule has 1 amide bonds. The molecule has 0 fully saturated rings. The van der Waals surface area contributed by atoms with Gasteiger partial charge in [0.25, 0.3) is 5.91 Å². The summed E-state index contributed by atoms with van der Waals surface area (Å²) in [4.78, 5) is 20.9. The van der Waals surface area contributed by atoms with Gasteiger partial charge in [0.05, 0.1) is 36.5 Å². The summed E-state index contributed by atoms with van der Waals surface area (Å²) in [6.07, 6.45) is 0. The van der Waals surface area contributed by atoms with Crippen molar-refractivity contribution in [1.29, 1.82) is 0 Å². The van der Waals surface area contributed by atoms with Gasteiger partial charge in [-0.05, 0) is 36.4 Å². The number of fused-ring (bicyclic) bond motifs is 1. The predicted octanol–water partition coefficient (Wildman–Crippen LogP) is 4.50. The number of nitrogens with zero attached hydrogens (tertiary/aromatic N) is 1. The first kappa shape index (κ1) is 17.6. The summed E-state index contributed by atoms with van der Waals surface area (Å²) in [5.41, 5.74) is 3.65. The summed E-state index contributed by atoms with van der Waals surface area (Å²) in [5, 5.41) is 2.96. The van der Waals surface area contributed by atoms with Crippen molar-refractivity contribution >= 4 is 22.6 Å². The van der Waals surface area contributed by atoms with E-state index < -0.39 is 0 Å². The van der Waals surface area contributed by atoms with Gasteiger partial charge in [-0.2, -0.15) is 0 Å². The van der Waals surface area contributed by atoms with Crippen LogP contribution in [-0.4, -0.2) is 30.1 Å². The third-order valence-electron chi connectivity index (χ3n) is 4.47. The lowest BCUT2D eigenvalue weighted by Gasteiger charge is -2.14. The standard InChI is InChI=1S/C22H19N3O3/c1-27-19-13-7-9-15(20(19)28-2)22(26)25-16-10-4-3-8-14(16)21-23-17-11-5-6-12-18(17)24-21/h3-13H,1-2H3,(H,23,24)(H,25,26). The molecule has 4 rings (SSSR count). The lowest BCUT2D eigenvalue weighted by atomic mass is 10.1. The van der Waals surface area contributed by atoms with Crippen LogP contribution < -0.4 is 14.8 Å². The van der Waals surface area contributed by atoms with E-state index in [0.717, 1.165) is 16.6 Å². The minimum absolute atomic E-state index is 0.292. The van der Waals surface area contributed by atoms with Crippen LogP contribution in [0.4, 0.5) is 5.69 Å². The van der Waals surface area contributed by atoms with E-state index in [1.165, 1.54) is 14.2 Å². The molecular weight excluding hydrogens is 354 g/mol. The van der Waals surface area contributed by atoms with Gasteiger partial charge < -0.3 is 19.8 Å². The Hall–Kier alpha value is -3.80. The maximum absolute atomic E-state index is 12.9. The van der Waals surface area contributed by atoms with Crippen molar-refractivity contribution in [2.45, 2.75) is 0 Å². The molecule has 0 aliphatic carbocycles. The van der Waals surface area contributed by atoms with Crippen LogP contribution in [-0.2, 0) is 0 Å². The Labute approximate surface area is 162 Å². The van der Waals surface area contributed by atoms with Gasteiger partial charge >= 0.3 is 0 Å².